The fourth-order valence-electron chi connectivity index (χ4n) is 4.54. The zero-order chi connectivity index (χ0) is 22.4. The Morgan fingerprint density at radius 1 is 1.00 bits per heavy atom. The molecule has 31 heavy (non-hydrogen) atoms. The highest BCUT2D eigenvalue weighted by atomic mass is 32.2. The van der Waals surface area contributed by atoms with Gasteiger partial charge in [0.25, 0.3) is 5.91 Å². The molecule has 7 nitrogen and oxygen atoms in total. The molecule has 2 N–H and O–H groups in total. The maximum atomic E-state index is 13.1. The van der Waals surface area contributed by atoms with Gasteiger partial charge in [0.2, 0.25) is 15.9 Å². The number of nitrogens with zero attached hydrogens (tertiary/aromatic N) is 1. The fraction of sp³-hybridized carbons (Fsp3) is 0.652. The molecule has 1 aromatic rings. The molecule has 0 radical (unpaired) electrons. The van der Waals surface area contributed by atoms with Gasteiger partial charge < -0.3 is 10.6 Å². The molecule has 0 bridgehead atoms. The SMILES string of the molecule is Cc1ccc(S(=O)(=O)N2CCCCC2C)cc1C(=O)NCCNC(=O)C1CCCCC1. The summed E-state index contributed by atoms with van der Waals surface area (Å²) in [5, 5.41) is 5.70. The first-order valence-corrected chi connectivity index (χ1v) is 12.9. The highest BCUT2D eigenvalue weighted by Gasteiger charge is 2.31. The van der Waals surface area contributed by atoms with Crippen LogP contribution in [0.1, 0.15) is 74.2 Å². The van der Waals surface area contributed by atoms with E-state index in [4.69, 9.17) is 0 Å². The standard InChI is InChI=1S/C23H35N3O4S/c1-17-11-12-20(31(29,30)26-15-7-6-8-18(26)2)16-21(17)23(28)25-14-13-24-22(27)19-9-4-3-5-10-19/h11-12,16,18-19H,3-10,13-15H2,1-2H3,(H,24,27)(H,25,28). The molecule has 8 heteroatoms. The molecule has 2 amide bonds. The Balaban J connectivity index is 1.59. The van der Waals surface area contributed by atoms with Crippen LogP contribution in [0.15, 0.2) is 23.1 Å². The van der Waals surface area contributed by atoms with Crippen LogP contribution in [0.5, 0.6) is 0 Å². The zero-order valence-corrected chi connectivity index (χ0v) is 19.5. The van der Waals surface area contributed by atoms with Crippen molar-refractivity contribution in [2.45, 2.75) is 76.2 Å². The minimum absolute atomic E-state index is 0.0369. The van der Waals surface area contributed by atoms with Crippen molar-refractivity contribution in [3.63, 3.8) is 0 Å². The van der Waals surface area contributed by atoms with Crippen molar-refractivity contribution in [3.05, 3.63) is 29.3 Å². The molecule has 172 valence electrons. The van der Waals surface area contributed by atoms with Gasteiger partial charge in [-0.05, 0) is 57.2 Å². The van der Waals surface area contributed by atoms with Crippen LogP contribution in [0.3, 0.4) is 0 Å². The average Bonchev–Trinajstić information content (AvgIpc) is 2.77. The summed E-state index contributed by atoms with van der Waals surface area (Å²) in [6.07, 6.45) is 8.02. The highest BCUT2D eigenvalue weighted by molar-refractivity contribution is 7.89. The van der Waals surface area contributed by atoms with Crippen LogP contribution < -0.4 is 10.6 Å². The van der Waals surface area contributed by atoms with E-state index in [2.05, 4.69) is 10.6 Å². The van der Waals surface area contributed by atoms with Crippen LogP contribution >= 0.6 is 0 Å². The average molecular weight is 450 g/mol. The third kappa shape index (κ3) is 5.86. The lowest BCUT2D eigenvalue weighted by Gasteiger charge is -2.32. The van der Waals surface area contributed by atoms with Crippen LogP contribution in [0.4, 0.5) is 0 Å². The van der Waals surface area contributed by atoms with Gasteiger partial charge in [-0.1, -0.05) is 31.7 Å². The molecule has 1 atom stereocenters. The van der Waals surface area contributed by atoms with E-state index in [1.807, 2.05) is 6.92 Å². The van der Waals surface area contributed by atoms with E-state index in [-0.39, 0.29) is 28.7 Å². The van der Waals surface area contributed by atoms with Crippen molar-refractivity contribution in [2.24, 2.45) is 5.92 Å². The lowest BCUT2D eigenvalue weighted by molar-refractivity contribution is -0.125. The van der Waals surface area contributed by atoms with Gasteiger partial charge in [-0.3, -0.25) is 9.59 Å². The molecule has 0 spiro atoms. The van der Waals surface area contributed by atoms with Crippen molar-refractivity contribution in [2.75, 3.05) is 19.6 Å². The molecular formula is C23H35N3O4S. The lowest BCUT2D eigenvalue weighted by atomic mass is 9.89. The van der Waals surface area contributed by atoms with Crippen molar-refractivity contribution >= 4 is 21.8 Å². The molecule has 1 aliphatic heterocycles. The number of carbonyl (C=O) groups is 2. The monoisotopic (exact) mass is 449 g/mol. The Labute approximate surface area is 186 Å². The Hall–Kier alpha value is -1.93. The van der Waals surface area contributed by atoms with Gasteiger partial charge in [-0.2, -0.15) is 4.31 Å². The first-order chi connectivity index (χ1) is 14.8. The first kappa shape index (κ1) is 23.7. The van der Waals surface area contributed by atoms with Gasteiger partial charge in [-0.25, -0.2) is 8.42 Å². The quantitative estimate of drug-likeness (QED) is 0.626. The second-order valence-corrected chi connectivity index (χ2v) is 10.7. The van der Waals surface area contributed by atoms with Crippen molar-refractivity contribution in [1.29, 1.82) is 0 Å². The summed E-state index contributed by atoms with van der Waals surface area (Å²) in [5.41, 5.74) is 1.07. The predicted octanol–water partition coefficient (Wildman–Crippen LogP) is 2.98. The third-order valence-electron chi connectivity index (χ3n) is 6.49. The number of amides is 2. The van der Waals surface area contributed by atoms with Crippen LogP contribution in [0.25, 0.3) is 0 Å². The smallest absolute Gasteiger partial charge is 0.251 e. The van der Waals surface area contributed by atoms with Crippen LogP contribution in [-0.2, 0) is 14.8 Å². The van der Waals surface area contributed by atoms with Gasteiger partial charge >= 0.3 is 0 Å². The van der Waals surface area contributed by atoms with E-state index >= 15 is 0 Å². The van der Waals surface area contributed by atoms with Gasteiger partial charge in [0, 0.05) is 37.2 Å². The molecule has 1 saturated heterocycles. The van der Waals surface area contributed by atoms with E-state index in [0.29, 0.717) is 25.2 Å². The minimum atomic E-state index is -3.64. The second kappa shape index (κ2) is 10.6. The van der Waals surface area contributed by atoms with Gasteiger partial charge in [0.1, 0.15) is 0 Å². The van der Waals surface area contributed by atoms with E-state index in [0.717, 1.165) is 50.5 Å². The van der Waals surface area contributed by atoms with Gasteiger partial charge in [0.05, 0.1) is 4.90 Å². The summed E-state index contributed by atoms with van der Waals surface area (Å²) >= 11 is 0. The predicted molar refractivity (Wildman–Crippen MR) is 120 cm³/mol. The number of sulfonamides is 1. The zero-order valence-electron chi connectivity index (χ0n) is 18.7. The number of carbonyl (C=O) groups excluding carboxylic acids is 2. The van der Waals surface area contributed by atoms with E-state index in [1.54, 1.807) is 23.4 Å². The molecule has 2 aliphatic rings. The van der Waals surface area contributed by atoms with Gasteiger partial charge in [-0.15, -0.1) is 0 Å². The number of rotatable bonds is 7. The third-order valence-corrected chi connectivity index (χ3v) is 8.50. The van der Waals surface area contributed by atoms with Crippen LogP contribution in [0.2, 0.25) is 0 Å². The Bertz CT molecular complexity index is 894. The van der Waals surface area contributed by atoms with E-state index in [9.17, 15) is 18.0 Å². The maximum Gasteiger partial charge on any atom is 0.251 e. The first-order valence-electron chi connectivity index (χ1n) is 11.5. The molecule has 1 unspecified atom stereocenters. The number of piperidine rings is 1. The summed E-state index contributed by atoms with van der Waals surface area (Å²) in [6, 6.07) is 4.70. The van der Waals surface area contributed by atoms with E-state index in [1.165, 1.54) is 12.5 Å². The Kier molecular flexibility index (Phi) is 8.11. The molecule has 2 fully saturated rings. The summed E-state index contributed by atoms with van der Waals surface area (Å²) in [6.45, 7) is 4.90. The summed E-state index contributed by atoms with van der Waals surface area (Å²) in [7, 11) is -3.64. The molecule has 3 rings (SSSR count). The number of benzene rings is 1. The topological polar surface area (TPSA) is 95.6 Å². The van der Waals surface area contributed by atoms with Crippen LogP contribution in [-0.4, -0.2) is 50.2 Å². The molecular weight excluding hydrogens is 414 g/mol. The normalized spacial score (nSPS) is 20.9. The van der Waals surface area contributed by atoms with Crippen LogP contribution in [0, 0.1) is 12.8 Å². The van der Waals surface area contributed by atoms with Gasteiger partial charge in [0.15, 0.2) is 0 Å². The number of hydrogen-bond donors (Lipinski definition) is 2. The summed E-state index contributed by atoms with van der Waals surface area (Å²) in [4.78, 5) is 25.1. The summed E-state index contributed by atoms with van der Waals surface area (Å²) < 4.78 is 27.8. The van der Waals surface area contributed by atoms with Crippen molar-refractivity contribution in [1.82, 2.24) is 14.9 Å². The molecule has 1 heterocycles. The molecule has 1 saturated carbocycles. The van der Waals surface area contributed by atoms with Crippen molar-refractivity contribution < 1.29 is 18.0 Å². The largest absolute Gasteiger partial charge is 0.354 e. The summed E-state index contributed by atoms with van der Waals surface area (Å²) in [5.74, 6) is -0.173. The number of nitrogens with one attached hydrogen (secondary N) is 2. The lowest BCUT2D eigenvalue weighted by Crippen LogP contribution is -2.42. The van der Waals surface area contributed by atoms with E-state index < -0.39 is 10.0 Å². The molecule has 1 aromatic carbocycles. The molecule has 1 aliphatic carbocycles. The Morgan fingerprint density at radius 3 is 2.39 bits per heavy atom. The number of aryl methyl sites for hydroxylation is 1. The number of hydrogen-bond acceptors (Lipinski definition) is 4. The Morgan fingerprint density at radius 2 is 1.68 bits per heavy atom. The maximum absolute atomic E-state index is 13.1. The highest BCUT2D eigenvalue weighted by Crippen LogP contribution is 2.26. The fourth-order valence-corrected chi connectivity index (χ4v) is 6.26. The minimum Gasteiger partial charge on any atom is -0.354 e. The second-order valence-electron chi connectivity index (χ2n) is 8.82. The molecule has 0 aromatic heterocycles. The van der Waals surface area contributed by atoms with Crippen molar-refractivity contribution in [3.8, 4) is 0 Å².